The van der Waals surface area contributed by atoms with Gasteiger partial charge in [-0.3, -0.25) is 4.79 Å². The lowest BCUT2D eigenvalue weighted by molar-refractivity contribution is -0.125. The van der Waals surface area contributed by atoms with Gasteiger partial charge in [-0.2, -0.15) is 5.26 Å². The van der Waals surface area contributed by atoms with Gasteiger partial charge in [0.2, 0.25) is 0 Å². The highest BCUT2D eigenvalue weighted by Gasteiger charge is 2.33. The van der Waals surface area contributed by atoms with E-state index in [9.17, 15) is 20.3 Å². The number of nitriles is 1. The van der Waals surface area contributed by atoms with Gasteiger partial charge in [-0.1, -0.05) is 30.3 Å². The number of allylic oxidation sites excluding steroid dienone is 4. The number of carbonyl (C=O) groups excluding carboxylic acids is 1. The lowest BCUT2D eigenvalue weighted by Crippen LogP contribution is -2.35. The Bertz CT molecular complexity index is 833. The molecule has 1 aromatic carbocycles. The summed E-state index contributed by atoms with van der Waals surface area (Å²) in [5.41, 5.74) is 3.47. The van der Waals surface area contributed by atoms with Crippen LogP contribution in [-0.2, 0) is 9.53 Å². The molecule has 6 nitrogen and oxygen atoms in total. The number of benzene rings is 1. The average molecular weight is 352 g/mol. The SMILES string of the molecule is COC1C=C2C(=CN(C[C@H](O)CO)C(C#N)=C2c2ccccc2)CC1=O. The fraction of sp³-hybridized carbons (Fsp3) is 0.300. The van der Waals surface area contributed by atoms with Crippen LogP contribution in [0.4, 0.5) is 0 Å². The molecule has 1 heterocycles. The molecule has 0 radical (unpaired) electrons. The number of methoxy groups -OCH3 is 1. The van der Waals surface area contributed by atoms with Crippen LogP contribution in [0.15, 0.2) is 59.5 Å². The van der Waals surface area contributed by atoms with Crippen molar-refractivity contribution in [2.45, 2.75) is 18.6 Å². The van der Waals surface area contributed by atoms with E-state index in [4.69, 9.17) is 4.74 Å². The molecule has 0 bridgehead atoms. The van der Waals surface area contributed by atoms with Gasteiger partial charge < -0.3 is 19.8 Å². The number of β-amino-alcohol motifs (C(OH)–C–C–N with tert-alkyl or cyclic N) is 1. The molecule has 0 amide bonds. The lowest BCUT2D eigenvalue weighted by Gasteiger charge is -2.34. The Labute approximate surface area is 151 Å². The number of hydrogen-bond acceptors (Lipinski definition) is 6. The lowest BCUT2D eigenvalue weighted by atomic mass is 9.81. The van der Waals surface area contributed by atoms with Gasteiger partial charge in [0.05, 0.1) is 19.3 Å². The summed E-state index contributed by atoms with van der Waals surface area (Å²) in [4.78, 5) is 13.9. The maximum atomic E-state index is 12.3. The summed E-state index contributed by atoms with van der Waals surface area (Å²) in [7, 11) is 1.48. The predicted molar refractivity (Wildman–Crippen MR) is 95.4 cm³/mol. The minimum atomic E-state index is -0.997. The normalized spacial score (nSPS) is 20.9. The minimum absolute atomic E-state index is 0.0574. The molecule has 0 saturated carbocycles. The molecule has 1 unspecified atom stereocenters. The molecule has 1 aliphatic heterocycles. The second-order valence-corrected chi connectivity index (χ2v) is 6.22. The third kappa shape index (κ3) is 3.33. The number of aliphatic hydroxyl groups excluding tert-OH is 2. The number of hydrogen-bond donors (Lipinski definition) is 2. The molecule has 2 N–H and O–H groups in total. The summed E-state index contributed by atoms with van der Waals surface area (Å²) in [6.45, 7) is -0.346. The van der Waals surface area contributed by atoms with Crippen LogP contribution in [-0.4, -0.2) is 53.4 Å². The van der Waals surface area contributed by atoms with Crippen LogP contribution < -0.4 is 0 Å². The molecule has 0 fully saturated rings. The van der Waals surface area contributed by atoms with Crippen LogP contribution in [0.1, 0.15) is 12.0 Å². The minimum Gasteiger partial charge on any atom is -0.394 e. The van der Waals surface area contributed by atoms with Crippen molar-refractivity contribution in [3.05, 3.63) is 65.0 Å². The van der Waals surface area contributed by atoms with Gasteiger partial charge in [-0.15, -0.1) is 0 Å². The fourth-order valence-corrected chi connectivity index (χ4v) is 3.26. The summed E-state index contributed by atoms with van der Waals surface area (Å²) in [5, 5.41) is 28.8. The van der Waals surface area contributed by atoms with Crippen LogP contribution in [0, 0.1) is 11.3 Å². The van der Waals surface area contributed by atoms with Gasteiger partial charge >= 0.3 is 0 Å². The highest BCUT2D eigenvalue weighted by molar-refractivity contribution is 5.98. The van der Waals surface area contributed by atoms with Crippen molar-refractivity contribution >= 4 is 11.4 Å². The highest BCUT2D eigenvalue weighted by Crippen LogP contribution is 2.41. The number of ether oxygens (including phenoxy) is 1. The quantitative estimate of drug-likeness (QED) is 0.832. The van der Waals surface area contributed by atoms with Crippen LogP contribution in [0.5, 0.6) is 0 Å². The smallest absolute Gasteiger partial charge is 0.169 e. The molecular formula is C20H20N2O4. The zero-order valence-electron chi connectivity index (χ0n) is 14.4. The van der Waals surface area contributed by atoms with Crippen molar-refractivity contribution in [2.24, 2.45) is 0 Å². The van der Waals surface area contributed by atoms with Gasteiger partial charge in [0.1, 0.15) is 17.9 Å². The molecule has 0 aromatic heterocycles. The number of carbonyl (C=O) groups is 1. The summed E-state index contributed by atoms with van der Waals surface area (Å²) in [6.07, 6.45) is 2.00. The average Bonchev–Trinajstić information content (AvgIpc) is 2.67. The molecule has 1 aliphatic carbocycles. The first-order valence-electron chi connectivity index (χ1n) is 8.33. The number of ketones is 1. The maximum Gasteiger partial charge on any atom is 0.169 e. The van der Waals surface area contributed by atoms with E-state index in [0.29, 0.717) is 11.3 Å². The zero-order valence-corrected chi connectivity index (χ0v) is 14.4. The highest BCUT2D eigenvalue weighted by atomic mass is 16.5. The molecule has 1 aromatic rings. The summed E-state index contributed by atoms with van der Waals surface area (Å²) in [5.74, 6) is -0.0574. The Hall–Kier alpha value is -2.72. The summed E-state index contributed by atoms with van der Waals surface area (Å²) >= 11 is 0. The van der Waals surface area contributed by atoms with E-state index >= 15 is 0 Å². The Morgan fingerprint density at radius 1 is 1.38 bits per heavy atom. The fourth-order valence-electron chi connectivity index (χ4n) is 3.26. The largest absolute Gasteiger partial charge is 0.394 e. The molecule has 2 aliphatic rings. The van der Waals surface area contributed by atoms with Crippen molar-refractivity contribution < 1.29 is 19.7 Å². The number of nitrogens with zero attached hydrogens (tertiary/aromatic N) is 2. The monoisotopic (exact) mass is 352 g/mol. The van der Waals surface area contributed by atoms with E-state index in [2.05, 4.69) is 6.07 Å². The van der Waals surface area contributed by atoms with Crippen LogP contribution >= 0.6 is 0 Å². The molecule has 26 heavy (non-hydrogen) atoms. The molecule has 6 heteroatoms. The van der Waals surface area contributed by atoms with Crippen LogP contribution in [0.2, 0.25) is 0 Å². The molecule has 0 saturated heterocycles. The number of rotatable bonds is 5. The Morgan fingerprint density at radius 2 is 2.12 bits per heavy atom. The first kappa shape index (κ1) is 18.1. The Balaban J connectivity index is 2.18. The first-order valence-corrected chi connectivity index (χ1v) is 8.33. The van der Waals surface area contributed by atoms with E-state index in [-0.39, 0.29) is 18.7 Å². The number of aliphatic hydroxyl groups is 2. The van der Waals surface area contributed by atoms with E-state index < -0.39 is 18.8 Å². The predicted octanol–water partition coefficient (Wildman–Crippen LogP) is 1.39. The van der Waals surface area contributed by atoms with Crippen molar-refractivity contribution in [1.82, 2.24) is 4.90 Å². The molecule has 2 atom stereocenters. The topological polar surface area (TPSA) is 93.8 Å². The molecular weight excluding hydrogens is 332 g/mol. The summed E-state index contributed by atoms with van der Waals surface area (Å²) in [6, 6.07) is 11.7. The third-order valence-electron chi connectivity index (χ3n) is 4.49. The second kappa shape index (κ2) is 7.67. The van der Waals surface area contributed by atoms with Crippen LogP contribution in [0.25, 0.3) is 5.57 Å². The summed E-state index contributed by atoms with van der Waals surface area (Å²) < 4.78 is 5.27. The van der Waals surface area contributed by atoms with Crippen molar-refractivity contribution in [2.75, 3.05) is 20.3 Å². The van der Waals surface area contributed by atoms with Gasteiger partial charge in [-0.25, -0.2) is 0 Å². The standard InChI is InChI=1S/C20H20N2O4/c1-26-19-8-16-14(7-18(19)25)10-22(11-15(24)12-23)17(9-21)20(16)13-5-3-2-4-6-13/h2-6,8,10,15,19,23-24H,7,11-12H2,1H3/t15-,19?/m0/s1. The van der Waals surface area contributed by atoms with Crippen molar-refractivity contribution in [3.63, 3.8) is 0 Å². The molecule has 134 valence electrons. The second-order valence-electron chi connectivity index (χ2n) is 6.22. The van der Waals surface area contributed by atoms with Gasteiger partial charge in [0.25, 0.3) is 0 Å². The Kier molecular flexibility index (Phi) is 5.33. The van der Waals surface area contributed by atoms with Gasteiger partial charge in [0, 0.05) is 25.3 Å². The molecule has 0 spiro atoms. The Morgan fingerprint density at radius 3 is 2.73 bits per heavy atom. The van der Waals surface area contributed by atoms with E-state index in [1.165, 1.54) is 7.11 Å². The van der Waals surface area contributed by atoms with E-state index in [0.717, 1.165) is 16.7 Å². The van der Waals surface area contributed by atoms with Gasteiger partial charge in [-0.05, 0) is 22.8 Å². The van der Waals surface area contributed by atoms with Crippen molar-refractivity contribution in [1.29, 1.82) is 5.26 Å². The number of Topliss-reactive ketones (excluding diaryl/α,β-unsaturated/α-hetero) is 1. The van der Waals surface area contributed by atoms with Crippen LogP contribution in [0.3, 0.4) is 0 Å². The van der Waals surface area contributed by atoms with E-state index in [1.807, 2.05) is 30.3 Å². The molecule has 3 rings (SSSR count). The maximum absolute atomic E-state index is 12.3. The van der Waals surface area contributed by atoms with E-state index in [1.54, 1.807) is 17.2 Å². The third-order valence-corrected chi connectivity index (χ3v) is 4.49. The number of fused-ring (bicyclic) bond motifs is 1. The van der Waals surface area contributed by atoms with Gasteiger partial charge in [0.15, 0.2) is 5.78 Å². The van der Waals surface area contributed by atoms with Crippen molar-refractivity contribution in [3.8, 4) is 6.07 Å². The first-order chi connectivity index (χ1) is 12.6. The zero-order chi connectivity index (χ0) is 18.7.